The smallest absolute Gasteiger partial charge is 0.416 e. The summed E-state index contributed by atoms with van der Waals surface area (Å²) in [6.45, 7) is 6.02. The Bertz CT molecular complexity index is 876. The normalized spacial score (nSPS) is 11.8. The van der Waals surface area contributed by atoms with Crippen molar-refractivity contribution < 1.29 is 27.5 Å². The third kappa shape index (κ3) is 8.02. The number of nitrogens with one attached hydrogen (secondary N) is 2. The molecular weight excluding hydrogens is 419 g/mol. The second kappa shape index (κ2) is 9.92. The maximum atomic E-state index is 12.9. The Hall–Kier alpha value is -2.62. The van der Waals surface area contributed by atoms with Crippen LogP contribution in [0.2, 0.25) is 0 Å². The zero-order valence-electron chi connectivity index (χ0n) is 16.9. The molecule has 2 N–H and O–H groups in total. The molecule has 2 aromatic rings. The van der Waals surface area contributed by atoms with Gasteiger partial charge in [-0.1, -0.05) is 12.1 Å². The second-order valence-corrected chi connectivity index (χ2v) is 8.39. The molecule has 0 aliphatic heterocycles. The topological polar surface area (TPSA) is 80.3 Å². The van der Waals surface area contributed by atoms with Gasteiger partial charge in [-0.3, -0.25) is 4.79 Å². The zero-order chi connectivity index (χ0) is 22.4. The molecule has 30 heavy (non-hydrogen) atoms. The van der Waals surface area contributed by atoms with E-state index in [9.17, 15) is 22.8 Å². The van der Waals surface area contributed by atoms with Crippen LogP contribution in [0.4, 0.5) is 18.0 Å². The summed E-state index contributed by atoms with van der Waals surface area (Å²) >= 11 is 1.18. The number of amides is 2. The first-order valence-corrected chi connectivity index (χ1v) is 10.2. The molecule has 0 aliphatic rings. The van der Waals surface area contributed by atoms with Crippen LogP contribution in [-0.2, 0) is 22.1 Å². The van der Waals surface area contributed by atoms with Crippen molar-refractivity contribution in [1.29, 1.82) is 0 Å². The number of ether oxygens (including phenoxy) is 1. The van der Waals surface area contributed by atoms with Crippen LogP contribution < -0.4 is 10.6 Å². The van der Waals surface area contributed by atoms with Crippen LogP contribution in [0.1, 0.15) is 38.4 Å². The summed E-state index contributed by atoms with van der Waals surface area (Å²) in [5.74, 6) is -0.256. The Morgan fingerprint density at radius 3 is 2.50 bits per heavy atom. The number of carbonyl (C=O) groups excluding carboxylic acids is 2. The molecule has 1 aromatic heterocycles. The summed E-state index contributed by atoms with van der Waals surface area (Å²) in [5, 5.41) is 7.39. The minimum atomic E-state index is -4.42. The molecule has 6 nitrogen and oxygen atoms in total. The number of nitrogens with zero attached hydrogens (tertiary/aromatic N) is 1. The van der Waals surface area contributed by atoms with E-state index in [1.165, 1.54) is 17.4 Å². The van der Waals surface area contributed by atoms with Gasteiger partial charge in [0.15, 0.2) is 0 Å². The summed E-state index contributed by atoms with van der Waals surface area (Å²) in [5.41, 5.74) is -0.473. The first-order valence-electron chi connectivity index (χ1n) is 9.29. The molecule has 0 saturated carbocycles. The lowest BCUT2D eigenvalue weighted by Gasteiger charge is -2.19. The number of alkyl carbamates (subject to hydrolysis) is 1. The number of aromatic nitrogens is 1. The summed E-state index contributed by atoms with van der Waals surface area (Å²) < 4.78 is 43.7. The molecule has 0 saturated heterocycles. The second-order valence-electron chi connectivity index (χ2n) is 7.53. The summed E-state index contributed by atoms with van der Waals surface area (Å²) in [6, 6.07) is 4.93. The molecule has 2 amide bonds. The average Bonchev–Trinajstić information content (AvgIpc) is 3.07. The van der Waals surface area contributed by atoms with Crippen LogP contribution in [0.25, 0.3) is 10.6 Å². The highest BCUT2D eigenvalue weighted by Gasteiger charge is 2.30. The van der Waals surface area contributed by atoms with E-state index in [2.05, 4.69) is 15.6 Å². The predicted molar refractivity (Wildman–Crippen MR) is 108 cm³/mol. The maximum absolute atomic E-state index is 12.9. The van der Waals surface area contributed by atoms with Gasteiger partial charge in [-0.15, -0.1) is 11.3 Å². The molecule has 0 atom stereocenters. The van der Waals surface area contributed by atoms with Crippen molar-refractivity contribution in [3.63, 3.8) is 0 Å². The monoisotopic (exact) mass is 443 g/mol. The molecule has 10 heteroatoms. The number of hydrogen-bond acceptors (Lipinski definition) is 5. The molecule has 0 fully saturated rings. The molecule has 0 unspecified atom stereocenters. The molecule has 0 spiro atoms. The van der Waals surface area contributed by atoms with Gasteiger partial charge >= 0.3 is 12.3 Å². The summed E-state index contributed by atoms with van der Waals surface area (Å²) in [6.07, 6.45) is -4.39. The Labute approximate surface area is 176 Å². The Morgan fingerprint density at radius 2 is 1.83 bits per heavy atom. The molecule has 0 bridgehead atoms. The Balaban J connectivity index is 1.77. The van der Waals surface area contributed by atoms with E-state index in [4.69, 9.17) is 4.74 Å². The van der Waals surface area contributed by atoms with Crippen LogP contribution in [0, 0.1) is 0 Å². The number of rotatable bonds is 7. The van der Waals surface area contributed by atoms with Crippen molar-refractivity contribution in [3.8, 4) is 10.6 Å². The van der Waals surface area contributed by atoms with Crippen molar-refractivity contribution in [1.82, 2.24) is 15.6 Å². The zero-order valence-corrected chi connectivity index (χ0v) is 17.7. The van der Waals surface area contributed by atoms with Crippen molar-refractivity contribution in [2.45, 2.75) is 45.4 Å². The van der Waals surface area contributed by atoms with Gasteiger partial charge < -0.3 is 15.4 Å². The first kappa shape index (κ1) is 23.7. The van der Waals surface area contributed by atoms with E-state index in [1.807, 2.05) is 0 Å². The predicted octanol–water partition coefficient (Wildman–Crippen LogP) is 4.40. The number of halogens is 3. The quantitative estimate of drug-likeness (QED) is 0.622. The van der Waals surface area contributed by atoms with E-state index in [1.54, 1.807) is 32.2 Å². The molecule has 1 heterocycles. The van der Waals surface area contributed by atoms with Crippen LogP contribution in [0.5, 0.6) is 0 Å². The highest BCUT2D eigenvalue weighted by atomic mass is 32.1. The van der Waals surface area contributed by atoms with Gasteiger partial charge in [0.05, 0.1) is 17.7 Å². The maximum Gasteiger partial charge on any atom is 0.416 e. The Kier molecular flexibility index (Phi) is 7.83. The lowest BCUT2D eigenvalue weighted by atomic mass is 10.1. The minimum Gasteiger partial charge on any atom is -0.444 e. The summed E-state index contributed by atoms with van der Waals surface area (Å²) in [4.78, 5) is 27.8. The number of thiazole rings is 1. The van der Waals surface area contributed by atoms with Crippen LogP contribution in [-0.4, -0.2) is 35.7 Å². The minimum absolute atomic E-state index is 0.0228. The fraction of sp³-hybridized carbons (Fsp3) is 0.450. The van der Waals surface area contributed by atoms with Crippen molar-refractivity contribution in [3.05, 3.63) is 40.9 Å². The molecule has 164 valence electrons. The average molecular weight is 443 g/mol. The van der Waals surface area contributed by atoms with Gasteiger partial charge in [0.25, 0.3) is 0 Å². The van der Waals surface area contributed by atoms with Gasteiger partial charge in [0, 0.05) is 24.0 Å². The van der Waals surface area contributed by atoms with E-state index in [0.29, 0.717) is 35.8 Å². The van der Waals surface area contributed by atoms with Crippen LogP contribution in [0.3, 0.4) is 0 Å². The fourth-order valence-corrected chi connectivity index (χ4v) is 3.21. The molecular formula is C20H24F3N3O3S. The van der Waals surface area contributed by atoms with Crippen LogP contribution >= 0.6 is 11.3 Å². The van der Waals surface area contributed by atoms with Crippen molar-refractivity contribution >= 4 is 23.3 Å². The third-order valence-corrected chi connectivity index (χ3v) is 4.61. The number of hydrogen-bond donors (Lipinski definition) is 2. The van der Waals surface area contributed by atoms with Gasteiger partial charge in [-0.25, -0.2) is 9.78 Å². The lowest BCUT2D eigenvalue weighted by Crippen LogP contribution is -2.34. The van der Waals surface area contributed by atoms with E-state index in [0.717, 1.165) is 12.1 Å². The van der Waals surface area contributed by atoms with E-state index >= 15 is 0 Å². The molecule has 0 radical (unpaired) electrons. The van der Waals surface area contributed by atoms with E-state index < -0.39 is 23.4 Å². The number of alkyl halides is 3. The van der Waals surface area contributed by atoms with E-state index in [-0.39, 0.29) is 12.3 Å². The first-order chi connectivity index (χ1) is 13.9. The van der Waals surface area contributed by atoms with Crippen molar-refractivity contribution in [2.24, 2.45) is 0 Å². The molecule has 0 aliphatic carbocycles. The molecule has 1 aromatic carbocycles. The standard InChI is InChI=1S/C20H24F3N3O3S/c1-19(2,3)29-18(28)25-9-5-8-24-16(27)11-15-12-30-17(26-15)13-6-4-7-14(10-13)20(21,22)23/h4,6-7,10,12H,5,8-9,11H2,1-3H3,(H,24,27)(H,25,28). The molecule has 2 rings (SSSR count). The Morgan fingerprint density at radius 1 is 1.13 bits per heavy atom. The van der Waals surface area contributed by atoms with Gasteiger partial charge in [-0.05, 0) is 39.3 Å². The number of benzene rings is 1. The summed E-state index contributed by atoms with van der Waals surface area (Å²) in [7, 11) is 0. The third-order valence-electron chi connectivity index (χ3n) is 3.67. The fourth-order valence-electron chi connectivity index (χ4n) is 2.40. The van der Waals surface area contributed by atoms with Gasteiger partial charge in [0.2, 0.25) is 5.91 Å². The highest BCUT2D eigenvalue weighted by molar-refractivity contribution is 7.13. The van der Waals surface area contributed by atoms with Crippen LogP contribution in [0.15, 0.2) is 29.6 Å². The van der Waals surface area contributed by atoms with Gasteiger partial charge in [0.1, 0.15) is 10.6 Å². The number of carbonyl (C=O) groups is 2. The van der Waals surface area contributed by atoms with Gasteiger partial charge in [-0.2, -0.15) is 13.2 Å². The van der Waals surface area contributed by atoms with Crippen molar-refractivity contribution in [2.75, 3.05) is 13.1 Å². The SMILES string of the molecule is CC(C)(C)OC(=O)NCCCNC(=O)Cc1csc(-c2cccc(C(F)(F)F)c2)n1. The highest BCUT2D eigenvalue weighted by Crippen LogP contribution is 2.33. The largest absolute Gasteiger partial charge is 0.444 e. The lowest BCUT2D eigenvalue weighted by molar-refractivity contribution is -0.137.